The van der Waals surface area contributed by atoms with E-state index < -0.39 is 28.1 Å². The maximum Gasteiger partial charge on any atom is 0.312 e. The number of aliphatic carboxylic acids is 1. The summed E-state index contributed by atoms with van der Waals surface area (Å²) in [6.45, 7) is 0.127. The van der Waals surface area contributed by atoms with E-state index in [9.17, 15) is 23.1 Å². The zero-order chi connectivity index (χ0) is 16.8. The fraction of sp³-hybridized carbons (Fsp3) is 0.333. The first kappa shape index (κ1) is 18.2. The van der Waals surface area contributed by atoms with Gasteiger partial charge in [0.2, 0.25) is 10.0 Å². The largest absolute Gasteiger partial charge is 0.548 e. The Bertz CT molecular complexity index is 633. The monoisotopic (exact) mass is 348 g/mol. The average Bonchev–Trinajstić information content (AvgIpc) is 2.42. The van der Waals surface area contributed by atoms with E-state index in [1.54, 1.807) is 0 Å². The number of rotatable bonds is 8. The zero-order valence-corrected chi connectivity index (χ0v) is 13.0. The van der Waals surface area contributed by atoms with Crippen molar-refractivity contribution in [2.45, 2.75) is 23.8 Å². The summed E-state index contributed by atoms with van der Waals surface area (Å²) in [5.74, 6) is -1.56. The van der Waals surface area contributed by atoms with Crippen LogP contribution in [-0.2, 0) is 14.8 Å². The van der Waals surface area contributed by atoms with Gasteiger partial charge in [0.1, 0.15) is 0 Å². The lowest BCUT2D eigenvalue weighted by Crippen LogP contribution is -2.48. The Hall–Kier alpha value is -1.84. The number of carboxylic acid groups (broad SMARTS) is 1. The molecule has 22 heavy (non-hydrogen) atoms. The van der Waals surface area contributed by atoms with Gasteiger partial charge in [0, 0.05) is 11.6 Å². The van der Waals surface area contributed by atoms with Crippen molar-refractivity contribution in [3.63, 3.8) is 0 Å². The number of halogens is 1. The molecule has 1 aromatic rings. The first-order valence-electron chi connectivity index (χ1n) is 6.24. The number of carbonyl (C=O) groups excluding carboxylic acids is 2. The van der Waals surface area contributed by atoms with Gasteiger partial charge in [-0.05, 0) is 37.1 Å². The van der Waals surface area contributed by atoms with E-state index >= 15 is 0 Å². The summed E-state index contributed by atoms with van der Waals surface area (Å²) in [4.78, 5) is 21.4. The molecule has 0 unspecified atom stereocenters. The number of carbonyl (C=O) groups is 2. The van der Waals surface area contributed by atoms with E-state index in [2.05, 4.69) is 5.32 Å². The number of carboxylic acids is 1. The van der Waals surface area contributed by atoms with E-state index in [1.165, 1.54) is 24.3 Å². The Morgan fingerprint density at radius 1 is 1.27 bits per heavy atom. The second-order valence-corrected chi connectivity index (χ2v) is 6.53. The van der Waals surface area contributed by atoms with Gasteiger partial charge in [-0.15, -0.1) is 0 Å². The van der Waals surface area contributed by atoms with Crippen LogP contribution in [0.2, 0.25) is 5.02 Å². The molecule has 0 saturated heterocycles. The number of benzene rings is 1. The number of nitrogens with one attached hydrogen (secondary N) is 2. The van der Waals surface area contributed by atoms with Crippen molar-refractivity contribution in [3.05, 3.63) is 29.3 Å². The van der Waals surface area contributed by atoms with Crippen LogP contribution in [0.4, 0.5) is 4.79 Å². The Labute approximate surface area is 132 Å². The van der Waals surface area contributed by atoms with Gasteiger partial charge in [-0.25, -0.2) is 17.9 Å². The molecule has 0 heterocycles. The predicted molar refractivity (Wildman–Crippen MR) is 77.4 cm³/mol. The maximum atomic E-state index is 12.1. The first-order valence-corrected chi connectivity index (χ1v) is 8.10. The quantitative estimate of drug-likeness (QED) is 0.526. The number of hydrogen-bond acceptors (Lipinski definition) is 5. The summed E-state index contributed by atoms with van der Waals surface area (Å²) in [5.41, 5.74) is 4.86. The van der Waals surface area contributed by atoms with Crippen LogP contribution < -0.4 is 20.9 Å². The lowest BCUT2D eigenvalue weighted by Gasteiger charge is -2.19. The average molecular weight is 349 g/mol. The van der Waals surface area contributed by atoms with Gasteiger partial charge >= 0.3 is 6.03 Å². The summed E-state index contributed by atoms with van der Waals surface area (Å²) in [7, 11) is -4.02. The third-order valence-corrected chi connectivity index (χ3v) is 4.41. The fourth-order valence-electron chi connectivity index (χ4n) is 1.61. The summed E-state index contributed by atoms with van der Waals surface area (Å²) in [6.07, 6.45) is 0.153. The van der Waals surface area contributed by atoms with Crippen molar-refractivity contribution in [2.75, 3.05) is 6.54 Å². The smallest absolute Gasteiger partial charge is 0.312 e. The van der Waals surface area contributed by atoms with Gasteiger partial charge in [0.05, 0.1) is 16.9 Å². The van der Waals surface area contributed by atoms with Gasteiger partial charge in [0.15, 0.2) is 0 Å². The molecule has 4 N–H and O–H groups in total. The maximum absolute atomic E-state index is 12.1. The molecule has 1 aromatic carbocycles. The van der Waals surface area contributed by atoms with Crippen molar-refractivity contribution in [1.29, 1.82) is 0 Å². The molecule has 0 aliphatic heterocycles. The minimum atomic E-state index is -4.02. The number of hydrogen-bond donors (Lipinski definition) is 3. The van der Waals surface area contributed by atoms with Crippen molar-refractivity contribution >= 4 is 33.6 Å². The van der Waals surface area contributed by atoms with Crippen LogP contribution in [0.15, 0.2) is 29.2 Å². The van der Waals surface area contributed by atoms with Crippen LogP contribution in [-0.4, -0.2) is 33.0 Å². The van der Waals surface area contributed by atoms with Gasteiger partial charge in [-0.1, -0.05) is 11.6 Å². The first-order chi connectivity index (χ1) is 10.2. The number of primary amides is 1. The SMILES string of the molecule is NC(=O)NCCC[C@@H](NS(=O)(=O)c1ccc(Cl)cc1)C(=O)[O-]. The molecule has 0 radical (unpaired) electrons. The van der Waals surface area contributed by atoms with Gasteiger partial charge < -0.3 is 21.0 Å². The standard InChI is InChI=1S/C12H16ClN3O5S/c13-8-3-5-9(6-4-8)22(20,21)16-10(11(17)18)2-1-7-15-12(14)19/h3-6,10,16H,1-2,7H2,(H,17,18)(H3,14,15,19)/p-1/t10-/m1/s1. The molecule has 0 fully saturated rings. The highest BCUT2D eigenvalue weighted by Crippen LogP contribution is 2.14. The molecule has 0 spiro atoms. The van der Waals surface area contributed by atoms with Crippen LogP contribution in [0, 0.1) is 0 Å². The molecule has 2 amide bonds. The molecule has 122 valence electrons. The summed E-state index contributed by atoms with van der Waals surface area (Å²) >= 11 is 5.66. The van der Waals surface area contributed by atoms with Crippen LogP contribution in [0.25, 0.3) is 0 Å². The Kier molecular flexibility index (Phi) is 6.60. The number of sulfonamides is 1. The number of amides is 2. The highest BCUT2D eigenvalue weighted by Gasteiger charge is 2.20. The van der Waals surface area contributed by atoms with Crippen molar-refractivity contribution in [3.8, 4) is 0 Å². The highest BCUT2D eigenvalue weighted by atomic mass is 35.5. The topological polar surface area (TPSA) is 141 Å². The van der Waals surface area contributed by atoms with E-state index in [0.717, 1.165) is 0 Å². The van der Waals surface area contributed by atoms with Crippen molar-refractivity contribution in [2.24, 2.45) is 5.73 Å². The Morgan fingerprint density at radius 2 is 1.86 bits per heavy atom. The molecule has 0 saturated carbocycles. The van der Waals surface area contributed by atoms with E-state index in [-0.39, 0.29) is 24.3 Å². The Morgan fingerprint density at radius 3 is 2.36 bits per heavy atom. The summed E-state index contributed by atoms with van der Waals surface area (Å²) in [5, 5.41) is 13.6. The number of urea groups is 1. The highest BCUT2D eigenvalue weighted by molar-refractivity contribution is 7.89. The van der Waals surface area contributed by atoms with Crippen molar-refractivity contribution in [1.82, 2.24) is 10.0 Å². The minimum absolute atomic E-state index is 0.0601. The van der Waals surface area contributed by atoms with Gasteiger partial charge in [-0.3, -0.25) is 0 Å². The third kappa shape index (κ3) is 5.88. The molecule has 0 aromatic heterocycles. The van der Waals surface area contributed by atoms with Gasteiger partial charge in [-0.2, -0.15) is 0 Å². The molecule has 8 nitrogen and oxygen atoms in total. The third-order valence-electron chi connectivity index (χ3n) is 2.67. The molecule has 0 bridgehead atoms. The molecule has 10 heteroatoms. The summed E-state index contributed by atoms with van der Waals surface area (Å²) in [6, 6.07) is 3.10. The predicted octanol–water partition coefficient (Wildman–Crippen LogP) is -0.815. The molecule has 1 atom stereocenters. The van der Waals surface area contributed by atoms with Crippen LogP contribution in [0.3, 0.4) is 0 Å². The molecule has 0 aliphatic rings. The summed E-state index contributed by atoms with van der Waals surface area (Å²) < 4.78 is 26.2. The Balaban J connectivity index is 2.71. The van der Waals surface area contributed by atoms with E-state index in [0.29, 0.717) is 5.02 Å². The molecule has 1 rings (SSSR count). The normalized spacial score (nSPS) is 12.6. The second kappa shape index (κ2) is 7.97. The molecule has 0 aliphatic carbocycles. The van der Waals surface area contributed by atoms with Crippen LogP contribution in [0.1, 0.15) is 12.8 Å². The van der Waals surface area contributed by atoms with E-state index in [1.807, 2.05) is 4.72 Å². The minimum Gasteiger partial charge on any atom is -0.548 e. The van der Waals surface area contributed by atoms with Gasteiger partial charge in [0.25, 0.3) is 0 Å². The molecular weight excluding hydrogens is 334 g/mol. The van der Waals surface area contributed by atoms with Crippen LogP contribution >= 0.6 is 11.6 Å². The lowest BCUT2D eigenvalue weighted by atomic mass is 10.2. The van der Waals surface area contributed by atoms with E-state index in [4.69, 9.17) is 17.3 Å². The number of nitrogens with two attached hydrogens (primary N) is 1. The van der Waals surface area contributed by atoms with Crippen LogP contribution in [0.5, 0.6) is 0 Å². The molecular formula is C12H15ClN3O5S-. The second-order valence-electron chi connectivity index (χ2n) is 4.38. The van der Waals surface area contributed by atoms with Crippen molar-refractivity contribution < 1.29 is 23.1 Å². The fourth-order valence-corrected chi connectivity index (χ4v) is 2.96. The zero-order valence-electron chi connectivity index (χ0n) is 11.4. The lowest BCUT2D eigenvalue weighted by molar-refractivity contribution is -0.308.